The predicted molar refractivity (Wildman–Crippen MR) is 71.4 cm³/mol. The first-order valence-electron chi connectivity index (χ1n) is 6.43. The lowest BCUT2D eigenvalue weighted by Gasteiger charge is -2.25. The average molecular weight is 234 g/mol. The largest absolute Gasteiger partial charge is 0.380 e. The molecule has 0 aromatic heterocycles. The molecule has 1 aliphatic heterocycles. The molecular weight excluding hydrogens is 212 g/mol. The van der Waals surface area contributed by atoms with Gasteiger partial charge in [-0.2, -0.15) is 0 Å². The second kappa shape index (κ2) is 6.03. The zero-order valence-electron chi connectivity index (χ0n) is 10.6. The van der Waals surface area contributed by atoms with Crippen LogP contribution in [0.3, 0.4) is 0 Å². The van der Waals surface area contributed by atoms with Crippen LogP contribution in [0.15, 0.2) is 24.3 Å². The maximum absolute atomic E-state index is 5.91. The second-order valence-electron chi connectivity index (χ2n) is 4.76. The van der Waals surface area contributed by atoms with Crippen molar-refractivity contribution in [1.82, 2.24) is 0 Å². The van der Waals surface area contributed by atoms with E-state index in [0.717, 1.165) is 39.1 Å². The number of benzene rings is 1. The monoisotopic (exact) mass is 234 g/mol. The first-order valence-corrected chi connectivity index (χ1v) is 6.43. The Morgan fingerprint density at radius 1 is 1.29 bits per heavy atom. The van der Waals surface area contributed by atoms with Gasteiger partial charge in [-0.25, -0.2) is 0 Å². The zero-order chi connectivity index (χ0) is 12.1. The Balaban J connectivity index is 2.17. The van der Waals surface area contributed by atoms with Crippen LogP contribution in [-0.4, -0.2) is 32.3 Å². The molecule has 1 aromatic carbocycles. The van der Waals surface area contributed by atoms with Crippen LogP contribution in [0.1, 0.15) is 18.9 Å². The Morgan fingerprint density at radius 3 is 2.94 bits per heavy atom. The molecule has 3 nitrogen and oxygen atoms in total. The Labute approximate surface area is 104 Å². The fraction of sp³-hybridized carbons (Fsp3) is 0.571. The summed E-state index contributed by atoms with van der Waals surface area (Å²) in [5.74, 6) is 0. The van der Waals surface area contributed by atoms with Crippen molar-refractivity contribution in [3.8, 4) is 0 Å². The molecule has 1 aromatic rings. The molecule has 0 bridgehead atoms. The van der Waals surface area contributed by atoms with Crippen molar-refractivity contribution in [1.29, 1.82) is 0 Å². The summed E-state index contributed by atoms with van der Waals surface area (Å²) < 4.78 is 5.50. The van der Waals surface area contributed by atoms with Crippen molar-refractivity contribution in [3.05, 3.63) is 29.8 Å². The lowest BCUT2D eigenvalue weighted by atomic mass is 10.0. The van der Waals surface area contributed by atoms with Gasteiger partial charge in [0.1, 0.15) is 0 Å². The number of hydrogen-bond acceptors (Lipinski definition) is 3. The summed E-state index contributed by atoms with van der Waals surface area (Å²) in [7, 11) is 0. The van der Waals surface area contributed by atoms with E-state index in [1.165, 1.54) is 11.3 Å². The zero-order valence-corrected chi connectivity index (χ0v) is 10.6. The molecule has 0 saturated carbocycles. The first-order chi connectivity index (χ1) is 8.27. The Bertz CT molecular complexity index is 344. The van der Waals surface area contributed by atoms with Gasteiger partial charge < -0.3 is 15.4 Å². The van der Waals surface area contributed by atoms with Crippen LogP contribution < -0.4 is 10.6 Å². The number of rotatable bonds is 3. The summed E-state index contributed by atoms with van der Waals surface area (Å²) >= 11 is 0. The Hall–Kier alpha value is -1.06. The van der Waals surface area contributed by atoms with Gasteiger partial charge in [-0.05, 0) is 31.4 Å². The van der Waals surface area contributed by atoms with Gasteiger partial charge in [0.05, 0.1) is 6.61 Å². The van der Waals surface area contributed by atoms with Gasteiger partial charge in [-0.3, -0.25) is 0 Å². The van der Waals surface area contributed by atoms with Gasteiger partial charge in [0.25, 0.3) is 0 Å². The third-order valence-corrected chi connectivity index (χ3v) is 3.10. The van der Waals surface area contributed by atoms with Crippen molar-refractivity contribution in [2.45, 2.75) is 25.8 Å². The highest BCUT2D eigenvalue weighted by Crippen LogP contribution is 2.22. The number of hydrogen-bond donors (Lipinski definition) is 1. The van der Waals surface area contributed by atoms with E-state index in [2.05, 4.69) is 36.1 Å². The molecule has 0 aliphatic carbocycles. The lowest BCUT2D eigenvalue weighted by Crippen LogP contribution is -2.28. The summed E-state index contributed by atoms with van der Waals surface area (Å²) in [5.41, 5.74) is 8.59. The number of nitrogens with two attached hydrogens (primary N) is 1. The average Bonchev–Trinajstić information content (AvgIpc) is 2.57. The normalized spacial score (nSPS) is 18.8. The highest BCUT2D eigenvalue weighted by atomic mass is 16.5. The number of nitrogens with zero attached hydrogens (tertiary/aromatic N) is 1. The van der Waals surface area contributed by atoms with Crippen LogP contribution in [0, 0.1) is 0 Å². The van der Waals surface area contributed by atoms with Gasteiger partial charge in [0, 0.05) is 31.4 Å². The van der Waals surface area contributed by atoms with Gasteiger partial charge in [0.2, 0.25) is 0 Å². The topological polar surface area (TPSA) is 38.5 Å². The van der Waals surface area contributed by atoms with Crippen molar-refractivity contribution in [2.24, 2.45) is 5.73 Å². The van der Waals surface area contributed by atoms with Crippen LogP contribution in [0.2, 0.25) is 0 Å². The van der Waals surface area contributed by atoms with Crippen LogP contribution in [0.5, 0.6) is 0 Å². The van der Waals surface area contributed by atoms with Crippen molar-refractivity contribution in [2.75, 3.05) is 31.2 Å². The van der Waals surface area contributed by atoms with E-state index in [1.54, 1.807) is 0 Å². The summed E-state index contributed by atoms with van der Waals surface area (Å²) in [5, 5.41) is 0. The molecule has 0 spiro atoms. The van der Waals surface area contributed by atoms with Gasteiger partial charge in [0.15, 0.2) is 0 Å². The third-order valence-electron chi connectivity index (χ3n) is 3.10. The number of para-hydroxylation sites is 1. The Morgan fingerprint density at radius 2 is 2.12 bits per heavy atom. The lowest BCUT2D eigenvalue weighted by molar-refractivity contribution is 0.152. The van der Waals surface area contributed by atoms with E-state index in [4.69, 9.17) is 10.5 Å². The minimum Gasteiger partial charge on any atom is -0.380 e. The predicted octanol–water partition coefficient (Wildman–Crippen LogP) is 1.80. The smallest absolute Gasteiger partial charge is 0.0641 e. The molecule has 1 heterocycles. The van der Waals surface area contributed by atoms with Gasteiger partial charge in [-0.15, -0.1) is 0 Å². The molecule has 1 unspecified atom stereocenters. The van der Waals surface area contributed by atoms with Gasteiger partial charge in [-0.1, -0.05) is 18.2 Å². The van der Waals surface area contributed by atoms with E-state index in [1.807, 2.05) is 0 Å². The number of ether oxygens (including phenoxy) is 1. The standard InChI is InChI=1S/C14H22N2O/c1-12(15)11-13-5-2-3-6-14(13)16-7-4-9-17-10-8-16/h2-3,5-6,12H,4,7-11,15H2,1H3. The summed E-state index contributed by atoms with van der Waals surface area (Å²) in [6, 6.07) is 8.79. The van der Waals surface area contributed by atoms with E-state index in [9.17, 15) is 0 Å². The molecule has 0 radical (unpaired) electrons. The van der Waals surface area contributed by atoms with Crippen molar-refractivity contribution >= 4 is 5.69 Å². The SMILES string of the molecule is CC(N)Cc1ccccc1N1CCCOCC1. The molecule has 94 valence electrons. The molecule has 2 N–H and O–H groups in total. The van der Waals surface area contributed by atoms with Crippen molar-refractivity contribution < 1.29 is 4.74 Å². The van der Waals surface area contributed by atoms with Crippen LogP contribution >= 0.6 is 0 Å². The molecule has 17 heavy (non-hydrogen) atoms. The van der Waals surface area contributed by atoms with E-state index in [0.29, 0.717) is 0 Å². The molecule has 0 amide bonds. The Kier molecular flexibility index (Phi) is 4.40. The first kappa shape index (κ1) is 12.4. The molecule has 1 atom stereocenters. The van der Waals surface area contributed by atoms with E-state index in [-0.39, 0.29) is 6.04 Å². The fourth-order valence-electron chi connectivity index (χ4n) is 2.33. The second-order valence-corrected chi connectivity index (χ2v) is 4.76. The molecule has 2 rings (SSSR count). The molecular formula is C14H22N2O. The van der Waals surface area contributed by atoms with E-state index >= 15 is 0 Å². The van der Waals surface area contributed by atoms with E-state index < -0.39 is 0 Å². The molecule has 1 aliphatic rings. The minimum absolute atomic E-state index is 0.208. The minimum atomic E-state index is 0.208. The molecule has 1 fully saturated rings. The highest BCUT2D eigenvalue weighted by Gasteiger charge is 2.13. The highest BCUT2D eigenvalue weighted by molar-refractivity contribution is 5.54. The van der Waals surface area contributed by atoms with Gasteiger partial charge >= 0.3 is 0 Å². The molecule has 3 heteroatoms. The quantitative estimate of drug-likeness (QED) is 0.866. The molecule has 1 saturated heterocycles. The van der Waals surface area contributed by atoms with Crippen LogP contribution in [-0.2, 0) is 11.2 Å². The fourth-order valence-corrected chi connectivity index (χ4v) is 2.33. The summed E-state index contributed by atoms with van der Waals surface area (Å²) in [6.45, 7) is 5.83. The maximum Gasteiger partial charge on any atom is 0.0641 e. The third kappa shape index (κ3) is 3.45. The summed E-state index contributed by atoms with van der Waals surface area (Å²) in [4.78, 5) is 2.42. The van der Waals surface area contributed by atoms with Crippen molar-refractivity contribution in [3.63, 3.8) is 0 Å². The summed E-state index contributed by atoms with van der Waals surface area (Å²) in [6.07, 6.45) is 2.04. The number of anilines is 1. The maximum atomic E-state index is 5.91. The van der Waals surface area contributed by atoms with Crippen LogP contribution in [0.25, 0.3) is 0 Å². The van der Waals surface area contributed by atoms with Crippen LogP contribution in [0.4, 0.5) is 5.69 Å².